The summed E-state index contributed by atoms with van der Waals surface area (Å²) in [5.41, 5.74) is -0.504. The van der Waals surface area contributed by atoms with Crippen LogP contribution in [0.3, 0.4) is 0 Å². The van der Waals surface area contributed by atoms with E-state index in [0.717, 1.165) is 25.0 Å². The predicted molar refractivity (Wildman–Crippen MR) is 67.5 cm³/mol. The van der Waals surface area contributed by atoms with Crippen LogP contribution < -0.4 is 10.6 Å². The molecular weight excluding hydrogens is 254 g/mol. The number of rotatable bonds is 6. The Hall–Kier alpha value is -1.98. The Morgan fingerprint density at radius 2 is 1.79 bits per heavy atom. The van der Waals surface area contributed by atoms with E-state index in [-0.39, 0.29) is 12.5 Å². The van der Waals surface area contributed by atoms with E-state index in [1.165, 1.54) is 6.07 Å². The lowest BCUT2D eigenvalue weighted by molar-refractivity contribution is -0.124. The molecule has 1 aromatic carbocycles. The van der Waals surface area contributed by atoms with Crippen molar-refractivity contribution in [2.75, 3.05) is 11.9 Å². The maximum Gasteiger partial charge on any atom is 0.243 e. The smallest absolute Gasteiger partial charge is 0.243 e. The zero-order valence-electron chi connectivity index (χ0n) is 10.6. The monoisotopic (exact) mass is 270 g/mol. The fourth-order valence-corrected chi connectivity index (χ4v) is 1.41. The molecule has 0 heterocycles. The van der Waals surface area contributed by atoms with Crippen LogP contribution in [0.2, 0.25) is 0 Å². The number of carbonyl (C=O) groups is 2. The first kappa shape index (κ1) is 15.1. The van der Waals surface area contributed by atoms with E-state index in [0.29, 0.717) is 6.42 Å². The number of hydrogen-bond acceptors (Lipinski definition) is 2. The van der Waals surface area contributed by atoms with Gasteiger partial charge in [-0.2, -0.15) is 0 Å². The molecule has 0 aromatic heterocycles. The lowest BCUT2D eigenvalue weighted by Gasteiger charge is -2.08. The van der Waals surface area contributed by atoms with Crippen LogP contribution in [0, 0.1) is 11.6 Å². The van der Waals surface area contributed by atoms with Crippen LogP contribution in [0.5, 0.6) is 0 Å². The summed E-state index contributed by atoms with van der Waals surface area (Å²) in [5.74, 6) is -2.64. The van der Waals surface area contributed by atoms with Gasteiger partial charge in [0.25, 0.3) is 0 Å². The van der Waals surface area contributed by atoms with E-state index in [9.17, 15) is 18.4 Å². The number of anilines is 1. The number of nitrogens with one attached hydrogen (secondary N) is 2. The molecule has 2 amide bonds. The van der Waals surface area contributed by atoms with E-state index >= 15 is 0 Å². The van der Waals surface area contributed by atoms with Gasteiger partial charge in [-0.3, -0.25) is 9.59 Å². The lowest BCUT2D eigenvalue weighted by atomic mass is 10.2. The molecule has 0 aliphatic rings. The third kappa shape index (κ3) is 5.03. The zero-order chi connectivity index (χ0) is 14.3. The highest BCUT2D eigenvalue weighted by molar-refractivity contribution is 5.94. The van der Waals surface area contributed by atoms with Crippen molar-refractivity contribution in [2.24, 2.45) is 0 Å². The van der Waals surface area contributed by atoms with Gasteiger partial charge < -0.3 is 10.6 Å². The van der Waals surface area contributed by atoms with Crippen LogP contribution in [0.4, 0.5) is 14.5 Å². The fraction of sp³-hybridized carbons (Fsp3) is 0.385. The van der Waals surface area contributed by atoms with Gasteiger partial charge in [-0.1, -0.05) is 19.4 Å². The van der Waals surface area contributed by atoms with Gasteiger partial charge in [0.05, 0.1) is 6.54 Å². The number of amides is 2. The Morgan fingerprint density at radius 3 is 2.37 bits per heavy atom. The highest BCUT2D eigenvalue weighted by Crippen LogP contribution is 2.17. The first-order chi connectivity index (χ1) is 9.04. The minimum atomic E-state index is -0.856. The third-order valence-corrected chi connectivity index (χ3v) is 2.43. The normalized spacial score (nSPS) is 10.1. The first-order valence-corrected chi connectivity index (χ1v) is 6.05. The summed E-state index contributed by atoms with van der Waals surface area (Å²) < 4.78 is 26.5. The average Bonchev–Trinajstić information content (AvgIpc) is 2.38. The predicted octanol–water partition coefficient (Wildman–Crippen LogP) is 2.21. The molecule has 2 N–H and O–H groups in total. The van der Waals surface area contributed by atoms with Crippen LogP contribution in [0.25, 0.3) is 0 Å². The van der Waals surface area contributed by atoms with Crippen LogP contribution in [0.15, 0.2) is 18.2 Å². The van der Waals surface area contributed by atoms with Gasteiger partial charge in [0.1, 0.15) is 17.3 Å². The maximum atomic E-state index is 13.2. The lowest BCUT2D eigenvalue weighted by Crippen LogP contribution is -2.33. The molecule has 0 aliphatic carbocycles. The highest BCUT2D eigenvalue weighted by Gasteiger charge is 2.12. The van der Waals surface area contributed by atoms with Crippen molar-refractivity contribution >= 4 is 17.5 Å². The number of unbranched alkanes of at least 4 members (excludes halogenated alkanes) is 1. The van der Waals surface area contributed by atoms with E-state index < -0.39 is 23.2 Å². The van der Waals surface area contributed by atoms with E-state index in [1.54, 1.807) is 0 Å². The molecular formula is C13H16F2N2O2. The fourth-order valence-electron chi connectivity index (χ4n) is 1.41. The van der Waals surface area contributed by atoms with Crippen molar-refractivity contribution in [1.29, 1.82) is 0 Å². The summed E-state index contributed by atoms with van der Waals surface area (Å²) in [6.07, 6.45) is 1.94. The van der Waals surface area contributed by atoms with Crippen molar-refractivity contribution < 1.29 is 18.4 Å². The van der Waals surface area contributed by atoms with Crippen LogP contribution in [0.1, 0.15) is 26.2 Å². The largest absolute Gasteiger partial charge is 0.347 e. The Labute approximate surface area is 110 Å². The van der Waals surface area contributed by atoms with Crippen molar-refractivity contribution in [3.05, 3.63) is 29.8 Å². The first-order valence-electron chi connectivity index (χ1n) is 6.05. The van der Waals surface area contributed by atoms with Crippen LogP contribution in [-0.4, -0.2) is 18.4 Å². The van der Waals surface area contributed by atoms with Gasteiger partial charge in [0.2, 0.25) is 11.8 Å². The second-order valence-electron chi connectivity index (χ2n) is 4.03. The SMILES string of the molecule is CCCCC(=O)NCC(=O)Nc1c(F)cccc1F. The molecule has 0 spiro atoms. The molecule has 6 heteroatoms. The molecule has 1 aromatic rings. The molecule has 0 unspecified atom stereocenters. The summed E-state index contributed by atoms with van der Waals surface area (Å²) in [6.45, 7) is 1.64. The molecule has 19 heavy (non-hydrogen) atoms. The van der Waals surface area contributed by atoms with E-state index in [2.05, 4.69) is 10.6 Å². The summed E-state index contributed by atoms with van der Waals surface area (Å²) in [6, 6.07) is 3.28. The minimum absolute atomic E-state index is 0.258. The molecule has 0 radical (unpaired) electrons. The number of carbonyl (C=O) groups excluding carboxylic acids is 2. The molecule has 1 rings (SSSR count). The highest BCUT2D eigenvalue weighted by atomic mass is 19.1. The van der Waals surface area contributed by atoms with Gasteiger partial charge in [-0.25, -0.2) is 8.78 Å². The van der Waals surface area contributed by atoms with E-state index in [4.69, 9.17) is 0 Å². The molecule has 0 saturated carbocycles. The minimum Gasteiger partial charge on any atom is -0.347 e. The molecule has 104 valence electrons. The number of benzene rings is 1. The van der Waals surface area contributed by atoms with Gasteiger partial charge in [0.15, 0.2) is 0 Å². The summed E-state index contributed by atoms with van der Waals surface area (Å²) >= 11 is 0. The quantitative estimate of drug-likeness (QED) is 0.832. The number of halogens is 2. The molecule has 0 atom stereocenters. The van der Waals surface area contributed by atoms with E-state index in [1.807, 2.05) is 6.92 Å². The third-order valence-electron chi connectivity index (χ3n) is 2.43. The Bertz CT molecular complexity index is 444. The zero-order valence-corrected chi connectivity index (χ0v) is 10.6. The van der Waals surface area contributed by atoms with Gasteiger partial charge >= 0.3 is 0 Å². The van der Waals surface area contributed by atoms with Crippen LogP contribution in [-0.2, 0) is 9.59 Å². The summed E-state index contributed by atoms with van der Waals surface area (Å²) in [5, 5.41) is 4.47. The molecule has 0 bridgehead atoms. The average molecular weight is 270 g/mol. The molecule has 4 nitrogen and oxygen atoms in total. The second kappa shape index (κ2) is 7.45. The second-order valence-corrected chi connectivity index (χ2v) is 4.03. The Balaban J connectivity index is 2.45. The van der Waals surface area contributed by atoms with Gasteiger partial charge in [-0.15, -0.1) is 0 Å². The standard InChI is InChI=1S/C13H16F2N2O2/c1-2-3-7-11(18)16-8-12(19)17-13-9(14)5-4-6-10(13)15/h4-6H,2-3,7-8H2,1H3,(H,16,18)(H,17,19). The molecule has 0 saturated heterocycles. The topological polar surface area (TPSA) is 58.2 Å². The molecule has 0 aliphatic heterocycles. The maximum absolute atomic E-state index is 13.2. The van der Waals surface area contributed by atoms with Crippen LogP contribution >= 0.6 is 0 Å². The van der Waals surface area contributed by atoms with Crippen molar-refractivity contribution in [3.8, 4) is 0 Å². The molecule has 0 fully saturated rings. The number of hydrogen-bond donors (Lipinski definition) is 2. The van der Waals surface area contributed by atoms with Gasteiger partial charge in [0, 0.05) is 6.42 Å². The summed E-state index contributed by atoms with van der Waals surface area (Å²) in [7, 11) is 0. The summed E-state index contributed by atoms with van der Waals surface area (Å²) in [4.78, 5) is 22.7. The Morgan fingerprint density at radius 1 is 1.16 bits per heavy atom. The van der Waals surface area contributed by atoms with Crippen molar-refractivity contribution in [2.45, 2.75) is 26.2 Å². The van der Waals surface area contributed by atoms with Gasteiger partial charge in [-0.05, 0) is 18.6 Å². The van der Waals surface area contributed by atoms with Crippen molar-refractivity contribution in [3.63, 3.8) is 0 Å². The Kier molecular flexibility index (Phi) is 5.92. The number of para-hydroxylation sites is 1. The van der Waals surface area contributed by atoms with Crippen molar-refractivity contribution in [1.82, 2.24) is 5.32 Å².